The van der Waals surface area contributed by atoms with Crippen LogP contribution < -0.4 is 32.2 Å². The molecule has 2 aromatic rings. The van der Waals surface area contributed by atoms with Crippen molar-refractivity contribution in [2.75, 3.05) is 10.6 Å². The second kappa shape index (κ2) is 9.93. The fourth-order valence-corrected chi connectivity index (χ4v) is 2.41. The molecule has 0 unspecified atom stereocenters. The largest absolute Gasteiger partial charge is 1.00 e. The number of rotatable bonds is 6. The molecule has 2 amide bonds. The van der Waals surface area contributed by atoms with Gasteiger partial charge in [-0.3, -0.25) is 9.59 Å². The number of aromatic nitrogens is 1. The molecule has 0 saturated heterocycles. The first-order valence-electron chi connectivity index (χ1n) is 8.14. The summed E-state index contributed by atoms with van der Waals surface area (Å²) in [5.41, 5.74) is 3.67. The van der Waals surface area contributed by atoms with Crippen molar-refractivity contribution < 1.29 is 31.1 Å². The van der Waals surface area contributed by atoms with E-state index in [1.54, 1.807) is 6.07 Å². The molecule has 0 aliphatic carbocycles. The molecule has 1 heterocycles. The molecule has 2 rings (SSSR count). The van der Waals surface area contributed by atoms with Crippen molar-refractivity contribution in [3.05, 3.63) is 53.9 Å². The van der Waals surface area contributed by atoms with Gasteiger partial charge < -0.3 is 27.6 Å². The average molecular weight is 406 g/mol. The SMILES string of the molecule is CCc1ccc(NC(C)=O)cc1NC(=O)CC[n+]1ccc(C)cc1.[Br-]. The van der Waals surface area contributed by atoms with Crippen LogP contribution in [0.3, 0.4) is 0 Å². The van der Waals surface area contributed by atoms with Gasteiger partial charge in [0, 0.05) is 30.4 Å². The Balaban J connectivity index is 0.00000312. The first-order valence-corrected chi connectivity index (χ1v) is 8.14. The topological polar surface area (TPSA) is 62.1 Å². The third kappa shape index (κ3) is 6.66. The molecule has 6 heteroatoms. The molecular weight excluding hydrogens is 382 g/mol. The van der Waals surface area contributed by atoms with Crippen LogP contribution in [0, 0.1) is 6.92 Å². The van der Waals surface area contributed by atoms with Crippen LogP contribution in [-0.4, -0.2) is 11.8 Å². The lowest BCUT2D eigenvalue weighted by Crippen LogP contribution is -3.00. The van der Waals surface area contributed by atoms with Gasteiger partial charge in [-0.25, -0.2) is 4.57 Å². The van der Waals surface area contributed by atoms with Crippen molar-refractivity contribution in [3.63, 3.8) is 0 Å². The smallest absolute Gasteiger partial charge is 0.230 e. The highest BCUT2D eigenvalue weighted by Gasteiger charge is 2.10. The highest BCUT2D eigenvalue weighted by molar-refractivity contribution is 5.94. The Morgan fingerprint density at radius 3 is 2.36 bits per heavy atom. The first-order chi connectivity index (χ1) is 11.5. The van der Waals surface area contributed by atoms with Gasteiger partial charge in [0.25, 0.3) is 0 Å². The molecule has 0 saturated carbocycles. The van der Waals surface area contributed by atoms with Crippen LogP contribution in [0.4, 0.5) is 11.4 Å². The van der Waals surface area contributed by atoms with Crippen molar-refractivity contribution in [3.8, 4) is 0 Å². The maximum atomic E-state index is 12.2. The second-order valence-electron chi connectivity index (χ2n) is 5.82. The lowest BCUT2D eigenvalue weighted by molar-refractivity contribution is -0.695. The van der Waals surface area contributed by atoms with Gasteiger partial charge in [-0.15, -0.1) is 0 Å². The summed E-state index contributed by atoms with van der Waals surface area (Å²) in [6, 6.07) is 9.61. The fourth-order valence-electron chi connectivity index (χ4n) is 2.41. The van der Waals surface area contributed by atoms with E-state index in [0.29, 0.717) is 18.7 Å². The highest BCUT2D eigenvalue weighted by Crippen LogP contribution is 2.22. The van der Waals surface area contributed by atoms with E-state index in [1.165, 1.54) is 12.5 Å². The van der Waals surface area contributed by atoms with E-state index >= 15 is 0 Å². The Labute approximate surface area is 159 Å². The van der Waals surface area contributed by atoms with Gasteiger partial charge in [0.05, 0.1) is 6.42 Å². The standard InChI is InChI=1S/C19H23N3O2.BrH/c1-4-16-5-6-17(20-15(3)23)13-18(16)21-19(24)9-12-22-10-7-14(2)8-11-22;/h5-8,10-11,13H,4,9,12H2,1-3H3,(H-,20,21,23,24);1H. The van der Waals surface area contributed by atoms with Gasteiger partial charge in [0.2, 0.25) is 11.8 Å². The van der Waals surface area contributed by atoms with Gasteiger partial charge in [-0.05, 0) is 36.6 Å². The summed E-state index contributed by atoms with van der Waals surface area (Å²) in [4.78, 5) is 23.4. The molecule has 0 aliphatic rings. The predicted octanol–water partition coefficient (Wildman–Crippen LogP) is -0.164. The van der Waals surface area contributed by atoms with Crippen molar-refractivity contribution in [2.24, 2.45) is 0 Å². The van der Waals surface area contributed by atoms with E-state index in [1.807, 2.05) is 55.1 Å². The number of hydrogen-bond donors (Lipinski definition) is 2. The molecule has 2 N–H and O–H groups in total. The van der Waals surface area contributed by atoms with Crippen molar-refractivity contribution in [1.29, 1.82) is 0 Å². The monoisotopic (exact) mass is 405 g/mol. The minimum atomic E-state index is -0.132. The molecule has 0 aliphatic heterocycles. The summed E-state index contributed by atoms with van der Waals surface area (Å²) in [6.07, 6.45) is 5.14. The Bertz CT molecular complexity index is 730. The third-order valence-corrected chi connectivity index (χ3v) is 3.74. The van der Waals surface area contributed by atoms with E-state index in [0.717, 1.165) is 17.7 Å². The Morgan fingerprint density at radius 1 is 1.08 bits per heavy atom. The van der Waals surface area contributed by atoms with Crippen molar-refractivity contribution in [1.82, 2.24) is 0 Å². The van der Waals surface area contributed by atoms with Crippen LogP contribution in [-0.2, 0) is 22.6 Å². The number of hydrogen-bond acceptors (Lipinski definition) is 2. The molecule has 0 radical (unpaired) electrons. The molecule has 5 nitrogen and oxygen atoms in total. The first kappa shape index (κ1) is 20.8. The fraction of sp³-hybridized carbons (Fsp3) is 0.316. The van der Waals surface area contributed by atoms with E-state index in [-0.39, 0.29) is 28.8 Å². The number of nitrogens with zero attached hydrogens (tertiary/aromatic N) is 1. The van der Waals surface area contributed by atoms with Crippen LogP contribution in [0.15, 0.2) is 42.7 Å². The number of anilines is 2. The molecule has 134 valence electrons. The van der Waals surface area contributed by atoms with Crippen molar-refractivity contribution >= 4 is 23.2 Å². The maximum absolute atomic E-state index is 12.2. The molecule has 1 aromatic heterocycles. The number of halogens is 1. The summed E-state index contributed by atoms with van der Waals surface area (Å²) < 4.78 is 1.99. The second-order valence-corrected chi connectivity index (χ2v) is 5.82. The lowest BCUT2D eigenvalue weighted by atomic mass is 10.1. The Morgan fingerprint density at radius 2 is 1.76 bits per heavy atom. The zero-order valence-corrected chi connectivity index (χ0v) is 16.4. The Hall–Kier alpha value is -2.21. The number of aryl methyl sites for hydroxylation is 3. The van der Waals surface area contributed by atoms with Gasteiger partial charge in [-0.1, -0.05) is 13.0 Å². The summed E-state index contributed by atoms with van der Waals surface area (Å²) in [5, 5.41) is 5.69. The number of nitrogens with one attached hydrogen (secondary N) is 2. The van der Waals surface area contributed by atoms with E-state index in [4.69, 9.17) is 0 Å². The Kier molecular flexibility index (Phi) is 8.28. The van der Waals surface area contributed by atoms with Crippen LogP contribution in [0.5, 0.6) is 0 Å². The molecule has 0 bridgehead atoms. The number of amides is 2. The van der Waals surface area contributed by atoms with Crippen molar-refractivity contribution in [2.45, 2.75) is 40.2 Å². The number of pyridine rings is 1. The number of carbonyl (C=O) groups excluding carboxylic acids is 2. The third-order valence-electron chi connectivity index (χ3n) is 3.74. The molecule has 0 atom stereocenters. The molecule has 1 aromatic carbocycles. The van der Waals surface area contributed by atoms with E-state index in [2.05, 4.69) is 10.6 Å². The van der Waals surface area contributed by atoms with Gasteiger partial charge >= 0.3 is 0 Å². The zero-order chi connectivity index (χ0) is 17.5. The van der Waals surface area contributed by atoms with E-state index < -0.39 is 0 Å². The van der Waals surface area contributed by atoms with Crippen LogP contribution in [0.25, 0.3) is 0 Å². The highest BCUT2D eigenvalue weighted by atomic mass is 79.9. The lowest BCUT2D eigenvalue weighted by Gasteiger charge is -2.12. The van der Waals surface area contributed by atoms with Gasteiger partial charge in [-0.2, -0.15) is 0 Å². The number of carbonyl (C=O) groups is 2. The van der Waals surface area contributed by atoms with Crippen LogP contribution in [0.1, 0.15) is 31.4 Å². The number of benzene rings is 1. The summed E-state index contributed by atoms with van der Waals surface area (Å²) in [5.74, 6) is -0.176. The van der Waals surface area contributed by atoms with Crippen LogP contribution in [0.2, 0.25) is 0 Å². The minimum Gasteiger partial charge on any atom is -1.00 e. The molecule has 0 spiro atoms. The molecule has 0 fully saturated rings. The molecule has 25 heavy (non-hydrogen) atoms. The normalized spacial score (nSPS) is 9.88. The molecular formula is C19H24BrN3O2. The van der Waals surface area contributed by atoms with Crippen LogP contribution >= 0.6 is 0 Å². The quantitative estimate of drug-likeness (QED) is 0.655. The van der Waals surface area contributed by atoms with Gasteiger partial charge in [0.15, 0.2) is 18.9 Å². The summed E-state index contributed by atoms with van der Waals surface area (Å²) in [6.45, 7) is 6.15. The van der Waals surface area contributed by atoms with Gasteiger partial charge in [0.1, 0.15) is 0 Å². The summed E-state index contributed by atoms with van der Waals surface area (Å²) in [7, 11) is 0. The predicted molar refractivity (Wildman–Crippen MR) is 94.7 cm³/mol. The summed E-state index contributed by atoms with van der Waals surface area (Å²) >= 11 is 0. The minimum absolute atomic E-state index is 0. The van der Waals surface area contributed by atoms with E-state index in [9.17, 15) is 9.59 Å². The zero-order valence-electron chi connectivity index (χ0n) is 14.8. The maximum Gasteiger partial charge on any atom is 0.230 e. The average Bonchev–Trinajstić information content (AvgIpc) is 2.54.